The number of hydrogen-bond acceptors (Lipinski definition) is 3. The molecule has 1 saturated carbocycles. The van der Waals surface area contributed by atoms with Crippen molar-refractivity contribution in [1.29, 1.82) is 0 Å². The molecule has 2 aromatic heterocycles. The molecule has 28 heavy (non-hydrogen) atoms. The number of pyridine rings is 1. The van der Waals surface area contributed by atoms with Crippen molar-refractivity contribution >= 4 is 11.6 Å². The first-order valence-electron chi connectivity index (χ1n) is 10.2. The molecule has 2 aliphatic rings. The summed E-state index contributed by atoms with van der Waals surface area (Å²) in [4.78, 5) is 19.8. The number of aromatic nitrogens is 2. The summed E-state index contributed by atoms with van der Waals surface area (Å²) in [6, 6.07) is 15.8. The minimum Gasteiger partial charge on any atom is -0.385 e. The molecule has 1 amide bonds. The topological polar surface area (TPSA) is 57.8 Å². The highest BCUT2D eigenvalue weighted by Gasteiger charge is 2.50. The average molecular weight is 375 g/mol. The number of amides is 1. The number of hydrogen-bond donors (Lipinski definition) is 1. The molecule has 1 aromatic carbocycles. The van der Waals surface area contributed by atoms with E-state index in [0.29, 0.717) is 18.7 Å². The molecule has 1 aliphatic heterocycles. The average Bonchev–Trinajstić information content (AvgIpc) is 3.19. The van der Waals surface area contributed by atoms with Crippen molar-refractivity contribution < 1.29 is 9.90 Å². The molecule has 3 aromatic rings. The fourth-order valence-corrected chi connectivity index (χ4v) is 5.21. The number of fused-ring (bicyclic) bond motifs is 2. The van der Waals surface area contributed by atoms with E-state index in [1.807, 2.05) is 70.2 Å². The molecular formula is C23H25N3O2. The predicted molar refractivity (Wildman–Crippen MR) is 107 cm³/mol. The van der Waals surface area contributed by atoms with Crippen molar-refractivity contribution in [2.75, 3.05) is 6.54 Å². The van der Waals surface area contributed by atoms with Gasteiger partial charge in [0.25, 0.3) is 5.91 Å². The summed E-state index contributed by atoms with van der Waals surface area (Å²) < 4.78 is 1.88. The van der Waals surface area contributed by atoms with E-state index in [1.165, 1.54) is 0 Å². The molecule has 5 rings (SSSR count). The van der Waals surface area contributed by atoms with E-state index in [-0.39, 0.29) is 17.9 Å². The minimum atomic E-state index is -0.859. The number of carbonyl (C=O) groups is 1. The molecule has 3 atom stereocenters. The van der Waals surface area contributed by atoms with Crippen LogP contribution in [0.2, 0.25) is 0 Å². The first-order chi connectivity index (χ1) is 13.7. The van der Waals surface area contributed by atoms with E-state index in [9.17, 15) is 9.90 Å². The zero-order valence-electron chi connectivity index (χ0n) is 15.9. The van der Waals surface area contributed by atoms with Gasteiger partial charge in [-0.15, -0.1) is 0 Å². The van der Waals surface area contributed by atoms with Gasteiger partial charge in [-0.1, -0.05) is 49.2 Å². The van der Waals surface area contributed by atoms with E-state index in [1.54, 1.807) is 0 Å². The zero-order chi connectivity index (χ0) is 19.1. The smallest absolute Gasteiger partial charge is 0.274 e. The number of nitrogens with zero attached hydrogens (tertiary/aromatic N) is 3. The summed E-state index contributed by atoms with van der Waals surface area (Å²) in [7, 11) is 0. The number of carbonyl (C=O) groups excluding carboxylic acids is 1. The lowest BCUT2D eigenvalue weighted by molar-refractivity contribution is -0.110. The molecule has 0 radical (unpaired) electrons. The fourth-order valence-electron chi connectivity index (χ4n) is 5.21. The highest BCUT2D eigenvalue weighted by molar-refractivity contribution is 5.93. The Morgan fingerprint density at radius 3 is 2.68 bits per heavy atom. The van der Waals surface area contributed by atoms with Gasteiger partial charge in [0.1, 0.15) is 11.3 Å². The van der Waals surface area contributed by atoms with Crippen molar-refractivity contribution in [3.8, 4) is 0 Å². The molecular weight excluding hydrogens is 350 g/mol. The van der Waals surface area contributed by atoms with Crippen LogP contribution < -0.4 is 0 Å². The standard InChI is InChI=1S/C23H25N3O2/c27-22(19-16-25-14-7-6-12-21(25)24-19)26-15-13-23(28,17-8-2-1-3-9-17)18-10-4-5-11-20(18)26/h1-3,6-9,12,14,16,18,20,28H,4-5,10-11,13,15H2/t18-,20-,23+/m1/s1. The Balaban J connectivity index is 1.48. The maximum absolute atomic E-state index is 13.3. The minimum absolute atomic E-state index is 0.0179. The Morgan fingerprint density at radius 2 is 1.86 bits per heavy atom. The molecule has 2 fully saturated rings. The molecule has 0 bridgehead atoms. The number of piperidine rings is 1. The molecule has 144 valence electrons. The van der Waals surface area contributed by atoms with E-state index in [0.717, 1.165) is 36.9 Å². The fraction of sp³-hybridized carbons (Fsp3) is 0.391. The van der Waals surface area contributed by atoms with Crippen LogP contribution in [0.15, 0.2) is 60.9 Å². The Morgan fingerprint density at radius 1 is 1.07 bits per heavy atom. The van der Waals surface area contributed by atoms with Crippen LogP contribution in [0.25, 0.3) is 5.65 Å². The zero-order valence-corrected chi connectivity index (χ0v) is 15.9. The summed E-state index contributed by atoms with van der Waals surface area (Å²) >= 11 is 0. The van der Waals surface area contributed by atoms with Crippen LogP contribution in [0.4, 0.5) is 0 Å². The summed E-state index contributed by atoms with van der Waals surface area (Å²) in [5.41, 5.74) is 1.39. The number of imidazole rings is 1. The monoisotopic (exact) mass is 375 g/mol. The molecule has 5 nitrogen and oxygen atoms in total. The number of likely N-dealkylation sites (tertiary alicyclic amines) is 1. The van der Waals surface area contributed by atoms with Gasteiger partial charge in [-0.05, 0) is 37.0 Å². The third-order valence-corrected chi connectivity index (χ3v) is 6.59. The molecule has 0 unspecified atom stereocenters. The highest BCUT2D eigenvalue weighted by Crippen LogP contribution is 2.47. The Kier molecular flexibility index (Phi) is 4.20. The van der Waals surface area contributed by atoms with E-state index >= 15 is 0 Å². The van der Waals surface area contributed by atoms with Gasteiger partial charge >= 0.3 is 0 Å². The van der Waals surface area contributed by atoms with Gasteiger partial charge in [-0.3, -0.25) is 4.79 Å². The van der Waals surface area contributed by atoms with Gasteiger partial charge < -0.3 is 14.4 Å². The Hall–Kier alpha value is -2.66. The second kappa shape index (κ2) is 6.74. The van der Waals surface area contributed by atoms with Crippen LogP contribution in [-0.2, 0) is 5.60 Å². The van der Waals surface area contributed by atoms with Crippen LogP contribution in [0.5, 0.6) is 0 Å². The van der Waals surface area contributed by atoms with Crippen molar-refractivity contribution in [3.05, 3.63) is 72.2 Å². The van der Waals surface area contributed by atoms with E-state index < -0.39 is 5.60 Å². The number of rotatable bonds is 2. The van der Waals surface area contributed by atoms with Crippen molar-refractivity contribution in [2.45, 2.75) is 43.7 Å². The molecule has 1 aliphatic carbocycles. The highest BCUT2D eigenvalue weighted by atomic mass is 16.3. The van der Waals surface area contributed by atoms with Crippen LogP contribution in [-0.4, -0.2) is 37.9 Å². The largest absolute Gasteiger partial charge is 0.385 e. The van der Waals surface area contributed by atoms with Crippen molar-refractivity contribution in [2.24, 2.45) is 5.92 Å². The number of benzene rings is 1. The normalized spacial score (nSPS) is 27.5. The first-order valence-corrected chi connectivity index (χ1v) is 10.2. The lowest BCUT2D eigenvalue weighted by Gasteiger charge is -2.52. The Labute approximate surface area is 164 Å². The van der Waals surface area contributed by atoms with Crippen LogP contribution >= 0.6 is 0 Å². The van der Waals surface area contributed by atoms with Crippen LogP contribution in [0, 0.1) is 5.92 Å². The molecule has 1 N–H and O–H groups in total. The molecule has 5 heteroatoms. The van der Waals surface area contributed by atoms with Gasteiger partial charge in [0.2, 0.25) is 0 Å². The first kappa shape index (κ1) is 17.4. The summed E-state index contributed by atoms with van der Waals surface area (Å²) in [5.74, 6) is 0.0501. The summed E-state index contributed by atoms with van der Waals surface area (Å²) in [6.07, 6.45) is 8.38. The van der Waals surface area contributed by atoms with Crippen molar-refractivity contribution in [1.82, 2.24) is 14.3 Å². The maximum Gasteiger partial charge on any atom is 0.274 e. The molecule has 3 heterocycles. The second-order valence-corrected chi connectivity index (χ2v) is 8.09. The molecule has 1 saturated heterocycles. The van der Waals surface area contributed by atoms with Gasteiger partial charge in [0.15, 0.2) is 0 Å². The summed E-state index contributed by atoms with van der Waals surface area (Å²) in [6.45, 7) is 0.555. The summed E-state index contributed by atoms with van der Waals surface area (Å²) in [5, 5.41) is 11.7. The van der Waals surface area contributed by atoms with E-state index in [4.69, 9.17) is 0 Å². The van der Waals surface area contributed by atoms with Crippen molar-refractivity contribution in [3.63, 3.8) is 0 Å². The van der Waals surface area contributed by atoms with E-state index in [2.05, 4.69) is 4.98 Å². The number of aliphatic hydroxyl groups is 1. The quantitative estimate of drug-likeness (QED) is 0.744. The molecule has 0 spiro atoms. The van der Waals surface area contributed by atoms with Crippen LogP contribution in [0.1, 0.15) is 48.2 Å². The predicted octanol–water partition coefficient (Wildman–Crippen LogP) is 3.63. The van der Waals surface area contributed by atoms with Crippen LogP contribution in [0.3, 0.4) is 0 Å². The SMILES string of the molecule is O=C(c1cn2ccccc2n1)N1CC[C@](O)(c2ccccc2)[C@@H]2CCCC[C@H]21. The third-order valence-electron chi connectivity index (χ3n) is 6.59. The van der Waals surface area contributed by atoms with Gasteiger partial charge in [-0.25, -0.2) is 4.98 Å². The van der Waals surface area contributed by atoms with Gasteiger partial charge in [0, 0.05) is 30.9 Å². The second-order valence-electron chi connectivity index (χ2n) is 8.09. The third kappa shape index (κ3) is 2.73. The van der Waals surface area contributed by atoms with Gasteiger partial charge in [0.05, 0.1) is 5.60 Å². The Bertz CT molecular complexity index is 966. The lowest BCUT2D eigenvalue weighted by atomic mass is 9.66. The van der Waals surface area contributed by atoms with Gasteiger partial charge in [-0.2, -0.15) is 0 Å². The maximum atomic E-state index is 13.3. The lowest BCUT2D eigenvalue weighted by Crippen LogP contribution is -2.59.